The van der Waals surface area contributed by atoms with Gasteiger partial charge >= 0.3 is 0 Å². The summed E-state index contributed by atoms with van der Waals surface area (Å²) in [5, 5.41) is 1.49. The molecule has 3 rings (SSSR count). The molecule has 1 aromatic carbocycles. The zero-order chi connectivity index (χ0) is 14.3. The maximum absolute atomic E-state index is 13.9. The molecule has 20 heavy (non-hydrogen) atoms. The molecule has 2 aromatic heterocycles. The smallest absolute Gasteiger partial charge is 0.165 e. The highest BCUT2D eigenvalue weighted by Gasteiger charge is 2.14. The van der Waals surface area contributed by atoms with Gasteiger partial charge in [0.1, 0.15) is 15.8 Å². The molecule has 0 atom stereocenters. The zero-order valence-electron chi connectivity index (χ0n) is 10.5. The van der Waals surface area contributed by atoms with Crippen molar-refractivity contribution >= 4 is 44.8 Å². The summed E-state index contributed by atoms with van der Waals surface area (Å²) in [5.74, 6) is -0.179. The Bertz CT molecular complexity index is 801. The second-order valence-corrected chi connectivity index (χ2v) is 6.16. The third-order valence-electron chi connectivity index (χ3n) is 2.92. The highest BCUT2D eigenvalue weighted by Crippen LogP contribution is 2.32. The normalized spacial score (nSPS) is 11.2. The van der Waals surface area contributed by atoms with Gasteiger partial charge in [0.15, 0.2) is 5.82 Å². The van der Waals surface area contributed by atoms with Crippen molar-refractivity contribution in [1.29, 1.82) is 0 Å². The predicted octanol–water partition coefficient (Wildman–Crippen LogP) is 5.37. The molecule has 102 valence electrons. The van der Waals surface area contributed by atoms with Crippen LogP contribution in [-0.4, -0.2) is 9.97 Å². The van der Waals surface area contributed by atoms with Crippen LogP contribution in [0.15, 0.2) is 24.3 Å². The Morgan fingerprint density at radius 3 is 2.70 bits per heavy atom. The quantitative estimate of drug-likeness (QED) is 0.592. The molecule has 0 aliphatic heterocycles. The lowest BCUT2D eigenvalue weighted by atomic mass is 10.2. The van der Waals surface area contributed by atoms with Crippen LogP contribution in [0.3, 0.4) is 0 Å². The Morgan fingerprint density at radius 1 is 1.20 bits per heavy atom. The number of nitrogens with zero attached hydrogens (tertiary/aromatic N) is 2. The molecule has 6 heteroatoms. The summed E-state index contributed by atoms with van der Waals surface area (Å²) >= 11 is 13.5. The van der Waals surface area contributed by atoms with Gasteiger partial charge in [-0.15, -0.1) is 11.3 Å². The molecule has 0 aliphatic rings. The van der Waals surface area contributed by atoms with E-state index in [1.165, 1.54) is 10.9 Å². The maximum Gasteiger partial charge on any atom is 0.165 e. The van der Waals surface area contributed by atoms with E-state index in [4.69, 9.17) is 23.2 Å². The van der Waals surface area contributed by atoms with E-state index in [9.17, 15) is 4.39 Å². The molecule has 0 saturated heterocycles. The first-order valence-corrected chi connectivity index (χ1v) is 7.57. The van der Waals surface area contributed by atoms with Gasteiger partial charge in [-0.05, 0) is 30.7 Å². The molecule has 0 aliphatic carbocycles. The summed E-state index contributed by atoms with van der Waals surface area (Å²) in [6, 6.07) is 6.38. The number of fused-ring (bicyclic) bond motifs is 1. The summed E-state index contributed by atoms with van der Waals surface area (Å²) in [7, 11) is 0. The van der Waals surface area contributed by atoms with E-state index >= 15 is 0 Å². The van der Waals surface area contributed by atoms with Crippen molar-refractivity contribution in [3.63, 3.8) is 0 Å². The SMILES string of the molecule is CCc1cc2c(Cl)nc(-c3ccc(Cl)cc3F)nc2s1. The minimum absolute atomic E-state index is 0.279. The van der Waals surface area contributed by atoms with Crippen molar-refractivity contribution in [2.75, 3.05) is 0 Å². The van der Waals surface area contributed by atoms with Crippen LogP contribution in [0.2, 0.25) is 10.2 Å². The van der Waals surface area contributed by atoms with Gasteiger partial charge in [0.05, 0.1) is 5.56 Å². The first kappa shape index (κ1) is 13.7. The molecule has 0 radical (unpaired) electrons. The van der Waals surface area contributed by atoms with Crippen LogP contribution in [-0.2, 0) is 6.42 Å². The van der Waals surface area contributed by atoms with Crippen molar-refractivity contribution < 1.29 is 4.39 Å². The molecule has 0 fully saturated rings. The summed E-state index contributed by atoms with van der Waals surface area (Å²) in [4.78, 5) is 10.5. The van der Waals surface area contributed by atoms with Gasteiger partial charge in [0, 0.05) is 15.3 Å². The number of benzene rings is 1. The van der Waals surface area contributed by atoms with E-state index in [0.717, 1.165) is 16.6 Å². The molecule has 0 spiro atoms. The highest BCUT2D eigenvalue weighted by atomic mass is 35.5. The van der Waals surface area contributed by atoms with Crippen LogP contribution in [0, 0.1) is 5.82 Å². The third kappa shape index (κ3) is 2.39. The molecule has 2 heterocycles. The standard InChI is InChI=1S/C14H9Cl2FN2S/c1-2-8-6-10-12(16)18-13(19-14(10)20-8)9-4-3-7(15)5-11(9)17/h3-6H,2H2,1H3. The molecule has 2 nitrogen and oxygen atoms in total. The van der Waals surface area contributed by atoms with Gasteiger partial charge in [-0.25, -0.2) is 14.4 Å². The fraction of sp³-hybridized carbons (Fsp3) is 0.143. The van der Waals surface area contributed by atoms with E-state index < -0.39 is 5.82 Å². The lowest BCUT2D eigenvalue weighted by Crippen LogP contribution is -1.92. The summed E-state index contributed by atoms with van der Waals surface area (Å²) in [5.41, 5.74) is 0.296. The molecular weight excluding hydrogens is 318 g/mol. The number of hydrogen-bond acceptors (Lipinski definition) is 3. The molecule has 3 aromatic rings. The average Bonchev–Trinajstić information content (AvgIpc) is 2.82. The van der Waals surface area contributed by atoms with Gasteiger partial charge < -0.3 is 0 Å². The number of halogens is 3. The lowest BCUT2D eigenvalue weighted by molar-refractivity contribution is 0.630. The minimum Gasteiger partial charge on any atom is -0.217 e. The number of aryl methyl sites for hydroxylation is 1. The Morgan fingerprint density at radius 2 is 2.00 bits per heavy atom. The number of thiophene rings is 1. The monoisotopic (exact) mass is 326 g/mol. The predicted molar refractivity (Wildman–Crippen MR) is 82.2 cm³/mol. The fourth-order valence-electron chi connectivity index (χ4n) is 1.90. The van der Waals surface area contributed by atoms with Gasteiger partial charge in [-0.2, -0.15) is 0 Å². The van der Waals surface area contributed by atoms with Crippen LogP contribution in [0.4, 0.5) is 4.39 Å². The summed E-state index contributed by atoms with van der Waals surface area (Å²) < 4.78 is 13.9. The van der Waals surface area contributed by atoms with Gasteiger partial charge in [-0.1, -0.05) is 30.1 Å². The number of aromatic nitrogens is 2. The first-order chi connectivity index (χ1) is 9.58. The van der Waals surface area contributed by atoms with Crippen molar-refractivity contribution in [2.45, 2.75) is 13.3 Å². The topological polar surface area (TPSA) is 25.8 Å². The fourth-order valence-corrected chi connectivity index (χ4v) is 3.31. The van der Waals surface area contributed by atoms with Crippen LogP contribution in [0.1, 0.15) is 11.8 Å². The Balaban J connectivity index is 2.21. The Kier molecular flexibility index (Phi) is 3.63. The summed E-state index contributed by atoms with van der Waals surface area (Å²) in [6.07, 6.45) is 0.905. The van der Waals surface area contributed by atoms with Crippen molar-refractivity contribution in [2.24, 2.45) is 0 Å². The molecule has 0 unspecified atom stereocenters. The molecule has 0 N–H and O–H groups in total. The van der Waals surface area contributed by atoms with Crippen LogP contribution in [0.25, 0.3) is 21.6 Å². The van der Waals surface area contributed by atoms with Crippen LogP contribution < -0.4 is 0 Å². The molecule has 0 amide bonds. The largest absolute Gasteiger partial charge is 0.217 e. The lowest BCUT2D eigenvalue weighted by Gasteiger charge is -2.03. The molecule has 0 saturated carbocycles. The first-order valence-electron chi connectivity index (χ1n) is 6.00. The second-order valence-electron chi connectivity index (χ2n) is 4.25. The van der Waals surface area contributed by atoms with Crippen molar-refractivity contribution in [3.05, 3.63) is 45.1 Å². The van der Waals surface area contributed by atoms with Crippen molar-refractivity contribution in [1.82, 2.24) is 9.97 Å². The van der Waals surface area contributed by atoms with Gasteiger partial charge in [-0.3, -0.25) is 0 Å². The minimum atomic E-state index is -0.458. The average molecular weight is 327 g/mol. The van der Waals surface area contributed by atoms with Crippen LogP contribution in [0.5, 0.6) is 0 Å². The highest BCUT2D eigenvalue weighted by molar-refractivity contribution is 7.18. The van der Waals surface area contributed by atoms with E-state index in [1.54, 1.807) is 23.5 Å². The Hall–Kier alpha value is -1.23. The Labute approximate surface area is 129 Å². The van der Waals surface area contributed by atoms with Crippen molar-refractivity contribution in [3.8, 4) is 11.4 Å². The number of hydrogen-bond donors (Lipinski definition) is 0. The maximum atomic E-state index is 13.9. The van der Waals surface area contributed by atoms with Gasteiger partial charge in [0.25, 0.3) is 0 Å². The third-order valence-corrected chi connectivity index (χ3v) is 4.61. The zero-order valence-corrected chi connectivity index (χ0v) is 12.8. The van der Waals surface area contributed by atoms with Crippen LogP contribution >= 0.6 is 34.5 Å². The van der Waals surface area contributed by atoms with Gasteiger partial charge in [0.2, 0.25) is 0 Å². The number of rotatable bonds is 2. The van der Waals surface area contributed by atoms with E-state index in [-0.39, 0.29) is 5.82 Å². The van der Waals surface area contributed by atoms with E-state index in [1.807, 2.05) is 6.07 Å². The summed E-state index contributed by atoms with van der Waals surface area (Å²) in [6.45, 7) is 2.06. The van der Waals surface area contributed by atoms with E-state index in [0.29, 0.717) is 15.7 Å². The van der Waals surface area contributed by atoms with E-state index in [2.05, 4.69) is 16.9 Å². The molecular formula is C14H9Cl2FN2S. The second kappa shape index (κ2) is 5.28. The molecule has 0 bridgehead atoms.